The Kier molecular flexibility index (Phi) is 8.02. The average Bonchev–Trinajstić information content (AvgIpc) is 3.56. The molecule has 2 bridgehead atoms. The largest absolute Gasteiger partial charge is 0.487 e. The van der Waals surface area contributed by atoms with Gasteiger partial charge in [0.25, 0.3) is 5.91 Å². The van der Waals surface area contributed by atoms with Crippen LogP contribution in [0, 0.1) is 29.1 Å². The number of nitrogens with zero attached hydrogens (tertiary/aromatic N) is 1. The summed E-state index contributed by atoms with van der Waals surface area (Å²) in [6.45, 7) is 4.31. The van der Waals surface area contributed by atoms with E-state index in [-0.39, 0.29) is 29.6 Å². The maximum Gasteiger partial charge on any atom is 0.264 e. The summed E-state index contributed by atoms with van der Waals surface area (Å²) in [4.78, 5) is 15.6. The topological polar surface area (TPSA) is 95.9 Å². The van der Waals surface area contributed by atoms with Gasteiger partial charge in [-0.3, -0.25) is 4.79 Å². The number of halogens is 1. The minimum absolute atomic E-state index is 0.0336. The second-order valence-corrected chi connectivity index (χ2v) is 15.2. The van der Waals surface area contributed by atoms with Crippen LogP contribution in [0.5, 0.6) is 5.75 Å². The lowest BCUT2D eigenvalue weighted by atomic mass is 9.65. The number of aliphatic hydroxyl groups excluding tert-OH is 1. The molecule has 41 heavy (non-hydrogen) atoms. The van der Waals surface area contributed by atoms with Crippen LogP contribution in [-0.2, 0) is 23.1 Å². The normalized spacial score (nSPS) is 31.6. The number of nitrogens with one attached hydrogen (secondary N) is 1. The molecule has 1 amide bonds. The highest BCUT2D eigenvalue weighted by molar-refractivity contribution is 7.90. The van der Waals surface area contributed by atoms with Crippen molar-refractivity contribution >= 4 is 33.2 Å². The number of sulfonamides is 1. The van der Waals surface area contributed by atoms with E-state index in [1.807, 2.05) is 18.2 Å². The first kappa shape index (κ1) is 28.8. The van der Waals surface area contributed by atoms with Crippen LogP contribution in [0.4, 0.5) is 5.69 Å². The summed E-state index contributed by atoms with van der Waals surface area (Å²) in [6, 6.07) is 11.2. The molecule has 2 aliphatic carbocycles. The highest BCUT2D eigenvalue weighted by atomic mass is 35.5. The number of rotatable bonds is 1. The van der Waals surface area contributed by atoms with E-state index < -0.39 is 15.9 Å². The van der Waals surface area contributed by atoms with Crippen molar-refractivity contribution in [3.8, 4) is 5.75 Å². The molecule has 2 heterocycles. The summed E-state index contributed by atoms with van der Waals surface area (Å²) in [5, 5.41) is 11.1. The Balaban J connectivity index is 1.36. The van der Waals surface area contributed by atoms with Crippen molar-refractivity contribution in [1.29, 1.82) is 0 Å². The molecule has 5 atom stereocenters. The Bertz CT molecular complexity index is 1410. The highest BCUT2D eigenvalue weighted by Crippen LogP contribution is 2.57. The Morgan fingerprint density at radius 2 is 1.98 bits per heavy atom. The van der Waals surface area contributed by atoms with E-state index in [0.29, 0.717) is 29.8 Å². The number of hydrogen-bond donors (Lipinski definition) is 2. The third-order valence-electron chi connectivity index (χ3n) is 10.3. The smallest absolute Gasteiger partial charge is 0.264 e. The summed E-state index contributed by atoms with van der Waals surface area (Å²) in [5.74, 6) is 1.18. The highest BCUT2D eigenvalue weighted by Gasteiger charge is 2.52. The van der Waals surface area contributed by atoms with Crippen molar-refractivity contribution in [3.63, 3.8) is 0 Å². The molecule has 2 aromatic rings. The number of fused-ring (bicyclic) bond motifs is 4. The minimum Gasteiger partial charge on any atom is -0.487 e. The monoisotopic (exact) mass is 600 g/mol. The van der Waals surface area contributed by atoms with Gasteiger partial charge in [-0.05, 0) is 122 Å². The van der Waals surface area contributed by atoms with Gasteiger partial charge in [-0.2, -0.15) is 0 Å². The molecular formula is C32H41ClN2O5S. The SMILES string of the molecule is CC12CC[C@H](CO)[C@@H]3CC[C@H]3CN3CCCCc4cc(Cl)ccc4COc4ccc(cc43)C(=O)NS(=O)(=O)C[C@H]1C2. The van der Waals surface area contributed by atoms with Gasteiger partial charge in [-0.15, -0.1) is 0 Å². The predicted molar refractivity (Wildman–Crippen MR) is 161 cm³/mol. The fraction of sp³-hybridized carbons (Fsp3) is 0.594. The molecule has 6 rings (SSSR count). The Morgan fingerprint density at radius 3 is 2.76 bits per heavy atom. The van der Waals surface area contributed by atoms with Gasteiger partial charge in [0.1, 0.15) is 12.4 Å². The number of aliphatic hydroxyl groups is 1. The summed E-state index contributed by atoms with van der Waals surface area (Å²) in [7, 11) is -3.79. The minimum atomic E-state index is -3.79. The van der Waals surface area contributed by atoms with Crippen LogP contribution in [0.1, 0.15) is 73.4 Å². The van der Waals surface area contributed by atoms with Crippen LogP contribution in [-0.4, -0.2) is 44.9 Å². The van der Waals surface area contributed by atoms with E-state index in [4.69, 9.17) is 16.3 Å². The molecule has 222 valence electrons. The quantitative estimate of drug-likeness (QED) is 0.444. The molecule has 4 aliphatic rings. The second-order valence-electron chi connectivity index (χ2n) is 13.0. The standard InChI is InChI=1S/C32H41ClN2O5S/c1-32-12-11-24(18-36)28-9-6-23(28)17-35-13-3-2-4-21-14-27(33)8-5-25(21)19-40-30-10-7-22(15-29(30)35)31(37)34-41(38,39)20-26(32)16-32/h5,7-8,10,14-15,23-24,26,28,36H,2-4,6,9,11-13,16-20H2,1H3,(H,34,37)/t23-,24+,26+,28+,32?/m0/s1. The molecule has 2 aliphatic heterocycles. The summed E-state index contributed by atoms with van der Waals surface area (Å²) < 4.78 is 34.8. The zero-order valence-corrected chi connectivity index (χ0v) is 25.4. The number of carbonyl (C=O) groups excluding carboxylic acids is 1. The molecular weight excluding hydrogens is 560 g/mol. The van der Waals surface area contributed by atoms with E-state index >= 15 is 0 Å². The molecule has 0 spiro atoms. The van der Waals surface area contributed by atoms with Crippen LogP contribution in [0.15, 0.2) is 36.4 Å². The fourth-order valence-electron chi connectivity index (χ4n) is 7.34. The van der Waals surface area contributed by atoms with E-state index in [0.717, 1.165) is 80.7 Å². The number of amides is 1. The van der Waals surface area contributed by atoms with Gasteiger partial charge in [-0.25, -0.2) is 13.1 Å². The molecule has 2 saturated carbocycles. The zero-order valence-electron chi connectivity index (χ0n) is 23.8. The van der Waals surface area contributed by atoms with Crippen molar-refractivity contribution in [2.75, 3.05) is 30.3 Å². The van der Waals surface area contributed by atoms with Crippen LogP contribution >= 0.6 is 11.6 Å². The maximum absolute atomic E-state index is 13.3. The molecule has 2 N–H and O–H groups in total. The third kappa shape index (κ3) is 6.25. The molecule has 0 radical (unpaired) electrons. The Labute approximate surface area is 248 Å². The van der Waals surface area contributed by atoms with Gasteiger partial charge < -0.3 is 14.7 Å². The van der Waals surface area contributed by atoms with Crippen molar-refractivity contribution < 1.29 is 23.1 Å². The van der Waals surface area contributed by atoms with E-state index in [1.54, 1.807) is 18.2 Å². The first-order valence-electron chi connectivity index (χ1n) is 15.1. The van der Waals surface area contributed by atoms with Gasteiger partial charge in [0.05, 0.1) is 11.4 Å². The fourth-order valence-corrected chi connectivity index (χ4v) is 9.07. The van der Waals surface area contributed by atoms with Gasteiger partial charge >= 0.3 is 0 Å². The second kappa shape index (κ2) is 11.4. The number of hydrogen-bond acceptors (Lipinski definition) is 6. The van der Waals surface area contributed by atoms with Crippen molar-refractivity contribution in [3.05, 3.63) is 58.1 Å². The van der Waals surface area contributed by atoms with Crippen LogP contribution in [0.3, 0.4) is 0 Å². The van der Waals surface area contributed by atoms with Crippen LogP contribution in [0.25, 0.3) is 0 Å². The number of aryl methyl sites for hydroxylation is 1. The lowest BCUT2D eigenvalue weighted by Gasteiger charge is -2.45. The third-order valence-corrected chi connectivity index (χ3v) is 11.9. The Hall–Kier alpha value is -2.29. The molecule has 7 nitrogen and oxygen atoms in total. The first-order chi connectivity index (χ1) is 19.6. The first-order valence-corrected chi connectivity index (χ1v) is 17.1. The average molecular weight is 601 g/mol. The van der Waals surface area contributed by atoms with Crippen molar-refractivity contribution in [2.45, 2.75) is 64.9 Å². The van der Waals surface area contributed by atoms with E-state index in [2.05, 4.69) is 16.5 Å². The van der Waals surface area contributed by atoms with Crippen LogP contribution in [0.2, 0.25) is 5.02 Å². The van der Waals surface area contributed by atoms with E-state index in [9.17, 15) is 18.3 Å². The summed E-state index contributed by atoms with van der Waals surface area (Å²) in [6.07, 6.45) is 7.74. The van der Waals surface area contributed by atoms with Gasteiger partial charge in [0.15, 0.2) is 0 Å². The lowest BCUT2D eigenvalue weighted by Crippen LogP contribution is -2.43. The molecule has 0 saturated heterocycles. The predicted octanol–water partition coefficient (Wildman–Crippen LogP) is 5.58. The van der Waals surface area contributed by atoms with Gasteiger partial charge in [0, 0.05) is 30.3 Å². The molecule has 1 unspecified atom stereocenters. The molecule has 0 aromatic heterocycles. The van der Waals surface area contributed by atoms with Gasteiger partial charge in [-0.1, -0.05) is 24.6 Å². The number of ether oxygens (including phenoxy) is 1. The van der Waals surface area contributed by atoms with Crippen molar-refractivity contribution in [1.82, 2.24) is 4.72 Å². The maximum atomic E-state index is 13.3. The van der Waals surface area contributed by atoms with E-state index in [1.165, 1.54) is 5.56 Å². The molecule has 2 fully saturated rings. The number of benzene rings is 2. The van der Waals surface area contributed by atoms with Crippen LogP contribution < -0.4 is 14.4 Å². The Morgan fingerprint density at radius 1 is 1.12 bits per heavy atom. The van der Waals surface area contributed by atoms with Gasteiger partial charge in [0.2, 0.25) is 10.0 Å². The molecule has 2 aromatic carbocycles. The summed E-state index contributed by atoms with van der Waals surface area (Å²) >= 11 is 6.31. The zero-order chi connectivity index (χ0) is 28.8. The number of carbonyl (C=O) groups is 1. The summed E-state index contributed by atoms with van der Waals surface area (Å²) in [5.41, 5.74) is 3.37. The number of anilines is 1. The molecule has 9 heteroatoms. The van der Waals surface area contributed by atoms with Crippen molar-refractivity contribution in [2.24, 2.45) is 29.1 Å². The lowest BCUT2D eigenvalue weighted by molar-refractivity contribution is 0.0550.